The SMILES string of the molecule is Cn1cccc1C(O)CCNS(=O)(=O)c1ccc(F)cc1F. The molecule has 0 spiro atoms. The second-order valence-electron chi connectivity index (χ2n) is 4.82. The molecule has 0 saturated heterocycles. The van der Waals surface area contributed by atoms with E-state index in [1.54, 1.807) is 29.9 Å². The average Bonchev–Trinajstić information content (AvgIpc) is 2.84. The van der Waals surface area contributed by atoms with Gasteiger partial charge in [-0.25, -0.2) is 21.9 Å². The summed E-state index contributed by atoms with van der Waals surface area (Å²) in [4.78, 5) is -0.623. The van der Waals surface area contributed by atoms with E-state index in [1.807, 2.05) is 0 Å². The summed E-state index contributed by atoms with van der Waals surface area (Å²) < 4.78 is 54.1. The molecule has 2 N–H and O–H groups in total. The lowest BCUT2D eigenvalue weighted by Gasteiger charge is -2.13. The zero-order chi connectivity index (χ0) is 16.3. The number of aliphatic hydroxyl groups excluding tert-OH is 1. The van der Waals surface area contributed by atoms with Crippen molar-refractivity contribution in [2.75, 3.05) is 6.54 Å². The zero-order valence-electron chi connectivity index (χ0n) is 11.8. The van der Waals surface area contributed by atoms with Gasteiger partial charge in [-0.15, -0.1) is 0 Å². The van der Waals surface area contributed by atoms with Crippen LogP contribution in [-0.2, 0) is 17.1 Å². The van der Waals surface area contributed by atoms with Crippen LogP contribution >= 0.6 is 0 Å². The van der Waals surface area contributed by atoms with Crippen molar-refractivity contribution in [3.05, 3.63) is 53.9 Å². The average molecular weight is 330 g/mol. The molecule has 8 heteroatoms. The monoisotopic (exact) mass is 330 g/mol. The third-order valence-corrected chi connectivity index (χ3v) is 4.71. The molecule has 22 heavy (non-hydrogen) atoms. The van der Waals surface area contributed by atoms with E-state index in [0.29, 0.717) is 11.8 Å². The lowest BCUT2D eigenvalue weighted by Crippen LogP contribution is -2.27. The molecule has 1 aromatic carbocycles. The van der Waals surface area contributed by atoms with Gasteiger partial charge < -0.3 is 9.67 Å². The Morgan fingerprint density at radius 3 is 2.64 bits per heavy atom. The van der Waals surface area contributed by atoms with Crippen molar-refractivity contribution in [3.63, 3.8) is 0 Å². The number of nitrogens with one attached hydrogen (secondary N) is 1. The predicted octanol–water partition coefficient (Wildman–Crippen LogP) is 1.71. The molecule has 0 saturated carbocycles. The van der Waals surface area contributed by atoms with E-state index in [2.05, 4.69) is 4.72 Å². The molecule has 2 rings (SSSR count). The first-order valence-corrected chi connectivity index (χ1v) is 8.03. The number of halogens is 2. The molecule has 0 amide bonds. The molecular formula is C14H16F2N2O3S. The van der Waals surface area contributed by atoms with Crippen molar-refractivity contribution in [3.8, 4) is 0 Å². The summed E-state index contributed by atoms with van der Waals surface area (Å²) in [5, 5.41) is 9.97. The minimum Gasteiger partial charge on any atom is -0.387 e. The van der Waals surface area contributed by atoms with Gasteiger partial charge >= 0.3 is 0 Å². The van der Waals surface area contributed by atoms with Gasteiger partial charge in [0.2, 0.25) is 10.0 Å². The molecule has 120 valence electrons. The number of hydrogen-bond acceptors (Lipinski definition) is 3. The minimum atomic E-state index is -4.09. The van der Waals surface area contributed by atoms with E-state index < -0.39 is 32.7 Å². The van der Waals surface area contributed by atoms with Crippen molar-refractivity contribution >= 4 is 10.0 Å². The third kappa shape index (κ3) is 3.70. The van der Waals surface area contributed by atoms with Gasteiger partial charge in [-0.3, -0.25) is 0 Å². The van der Waals surface area contributed by atoms with E-state index in [0.717, 1.165) is 12.1 Å². The summed E-state index contributed by atoms with van der Waals surface area (Å²) >= 11 is 0. The van der Waals surface area contributed by atoms with E-state index in [4.69, 9.17) is 0 Å². The van der Waals surface area contributed by atoms with Crippen LogP contribution in [0.5, 0.6) is 0 Å². The van der Waals surface area contributed by atoms with Gasteiger partial charge in [0.25, 0.3) is 0 Å². The van der Waals surface area contributed by atoms with Crippen molar-refractivity contribution in [2.24, 2.45) is 7.05 Å². The lowest BCUT2D eigenvalue weighted by atomic mass is 10.2. The summed E-state index contributed by atoms with van der Waals surface area (Å²) in [5.74, 6) is -2.01. The zero-order valence-corrected chi connectivity index (χ0v) is 12.6. The van der Waals surface area contributed by atoms with Gasteiger partial charge in [-0.1, -0.05) is 0 Å². The quantitative estimate of drug-likeness (QED) is 0.847. The first-order chi connectivity index (χ1) is 10.3. The van der Waals surface area contributed by atoms with E-state index in [9.17, 15) is 22.3 Å². The highest BCUT2D eigenvalue weighted by atomic mass is 32.2. The lowest BCUT2D eigenvalue weighted by molar-refractivity contribution is 0.161. The van der Waals surface area contributed by atoms with Gasteiger partial charge in [0.05, 0.1) is 6.10 Å². The Morgan fingerprint density at radius 2 is 2.05 bits per heavy atom. The van der Waals surface area contributed by atoms with E-state index in [-0.39, 0.29) is 13.0 Å². The van der Waals surface area contributed by atoms with Gasteiger partial charge in [0.1, 0.15) is 16.5 Å². The smallest absolute Gasteiger partial charge is 0.243 e. The number of benzene rings is 1. The van der Waals surface area contributed by atoms with Gasteiger partial charge in [0.15, 0.2) is 0 Å². The molecular weight excluding hydrogens is 314 g/mol. The largest absolute Gasteiger partial charge is 0.387 e. The summed E-state index contributed by atoms with van der Waals surface area (Å²) in [6.07, 6.45) is 1.04. The Labute approximate surface area is 127 Å². The molecule has 1 heterocycles. The molecule has 0 radical (unpaired) electrons. The first kappa shape index (κ1) is 16.6. The fourth-order valence-corrected chi connectivity index (χ4v) is 3.17. The van der Waals surface area contributed by atoms with Gasteiger partial charge in [0, 0.05) is 31.5 Å². The van der Waals surface area contributed by atoms with Crippen molar-refractivity contribution in [2.45, 2.75) is 17.4 Å². The van der Waals surface area contributed by atoms with Crippen LogP contribution < -0.4 is 4.72 Å². The Hall–Kier alpha value is -1.77. The fourth-order valence-electron chi connectivity index (χ4n) is 2.07. The van der Waals surface area contributed by atoms with Crippen LogP contribution in [0, 0.1) is 11.6 Å². The molecule has 1 unspecified atom stereocenters. The number of hydrogen-bond donors (Lipinski definition) is 2. The molecule has 0 aliphatic rings. The fraction of sp³-hybridized carbons (Fsp3) is 0.286. The highest BCUT2D eigenvalue weighted by molar-refractivity contribution is 7.89. The van der Waals surface area contributed by atoms with Crippen molar-refractivity contribution < 1.29 is 22.3 Å². The van der Waals surface area contributed by atoms with Crippen LogP contribution in [-0.4, -0.2) is 24.6 Å². The van der Waals surface area contributed by atoms with E-state index >= 15 is 0 Å². The minimum absolute atomic E-state index is 0.0779. The van der Waals surface area contributed by atoms with Gasteiger partial charge in [-0.05, 0) is 30.7 Å². The predicted molar refractivity (Wildman–Crippen MR) is 76.5 cm³/mol. The molecule has 0 aliphatic carbocycles. The van der Waals surface area contributed by atoms with Crippen LogP contribution in [0.1, 0.15) is 18.2 Å². The van der Waals surface area contributed by atoms with Crippen molar-refractivity contribution in [1.29, 1.82) is 0 Å². The summed E-state index contributed by atoms with van der Waals surface area (Å²) in [5.41, 5.74) is 0.646. The third-order valence-electron chi connectivity index (χ3n) is 3.22. The molecule has 1 atom stereocenters. The molecule has 5 nitrogen and oxygen atoms in total. The number of aliphatic hydroxyl groups is 1. The Balaban J connectivity index is 2.00. The van der Waals surface area contributed by atoms with Crippen LogP contribution in [0.15, 0.2) is 41.4 Å². The van der Waals surface area contributed by atoms with Crippen molar-refractivity contribution in [1.82, 2.24) is 9.29 Å². The first-order valence-electron chi connectivity index (χ1n) is 6.55. The topological polar surface area (TPSA) is 71.3 Å². The maximum atomic E-state index is 13.5. The van der Waals surface area contributed by atoms with Crippen LogP contribution in [0.25, 0.3) is 0 Å². The Bertz CT molecular complexity index is 759. The summed E-state index contributed by atoms with van der Waals surface area (Å²) in [7, 11) is -2.33. The molecule has 0 aliphatic heterocycles. The second-order valence-corrected chi connectivity index (χ2v) is 6.56. The number of sulfonamides is 1. The Kier molecular flexibility index (Phi) is 4.94. The second kappa shape index (κ2) is 6.55. The van der Waals surface area contributed by atoms with Gasteiger partial charge in [-0.2, -0.15) is 0 Å². The van der Waals surface area contributed by atoms with Crippen LogP contribution in [0.2, 0.25) is 0 Å². The highest BCUT2D eigenvalue weighted by Gasteiger charge is 2.20. The molecule has 1 aromatic heterocycles. The maximum absolute atomic E-state index is 13.5. The maximum Gasteiger partial charge on any atom is 0.243 e. The summed E-state index contributed by atoms with van der Waals surface area (Å²) in [6, 6.07) is 5.72. The molecule has 0 bridgehead atoms. The highest BCUT2D eigenvalue weighted by Crippen LogP contribution is 2.18. The summed E-state index contributed by atoms with van der Waals surface area (Å²) in [6.45, 7) is -0.0779. The van der Waals surface area contributed by atoms with Crippen LogP contribution in [0.3, 0.4) is 0 Å². The van der Waals surface area contributed by atoms with E-state index in [1.165, 1.54) is 0 Å². The number of nitrogens with zero attached hydrogens (tertiary/aromatic N) is 1. The standard InChI is InChI=1S/C14H16F2N2O3S/c1-18-8-2-3-12(18)13(19)6-7-17-22(20,21)14-5-4-10(15)9-11(14)16/h2-5,8-9,13,17,19H,6-7H2,1H3. The number of aryl methyl sites for hydroxylation is 1. The van der Waals surface area contributed by atoms with Crippen LogP contribution in [0.4, 0.5) is 8.78 Å². The number of rotatable bonds is 6. The number of aromatic nitrogens is 1. The molecule has 0 fully saturated rings. The Morgan fingerprint density at radius 1 is 1.32 bits per heavy atom. The normalized spacial score (nSPS) is 13.3. The molecule has 2 aromatic rings.